The lowest BCUT2D eigenvalue weighted by atomic mass is 10.0. The van der Waals surface area contributed by atoms with E-state index in [9.17, 15) is 19.5 Å². The van der Waals surface area contributed by atoms with Gasteiger partial charge in [0.15, 0.2) is 0 Å². The van der Waals surface area contributed by atoms with Crippen molar-refractivity contribution in [2.45, 2.75) is 31.9 Å². The lowest BCUT2D eigenvalue weighted by Crippen LogP contribution is -2.45. The van der Waals surface area contributed by atoms with Crippen molar-refractivity contribution in [1.82, 2.24) is 34.2 Å². The number of aliphatic hydroxyl groups is 1. The van der Waals surface area contributed by atoms with Gasteiger partial charge in [0.1, 0.15) is 11.6 Å². The van der Waals surface area contributed by atoms with E-state index in [4.69, 9.17) is 4.98 Å². The molecule has 0 bridgehead atoms. The number of carbonyl (C=O) groups excluding carboxylic acids is 1. The summed E-state index contributed by atoms with van der Waals surface area (Å²) in [6, 6.07) is 3.39. The predicted octanol–water partition coefficient (Wildman–Crippen LogP) is 0.578. The Balaban J connectivity index is 1.67. The smallest absolute Gasteiger partial charge is 0.329 e. The first-order valence-electron chi connectivity index (χ1n) is 10.7. The van der Waals surface area contributed by atoms with Crippen LogP contribution in [0.3, 0.4) is 0 Å². The lowest BCUT2D eigenvalue weighted by molar-refractivity contribution is -0.140. The fourth-order valence-electron chi connectivity index (χ4n) is 4.46. The maximum absolute atomic E-state index is 13.0. The number of likely N-dealkylation sites (tertiary alicyclic amines) is 1. The second kappa shape index (κ2) is 7.93. The van der Waals surface area contributed by atoms with Gasteiger partial charge in [0.2, 0.25) is 0 Å². The van der Waals surface area contributed by atoms with Crippen LogP contribution in [-0.4, -0.2) is 64.4 Å². The number of pyridine rings is 2. The molecule has 11 nitrogen and oxygen atoms in total. The number of amides is 1. The van der Waals surface area contributed by atoms with E-state index in [1.807, 2.05) is 25.4 Å². The Hall–Kier alpha value is -3.86. The van der Waals surface area contributed by atoms with Crippen LogP contribution in [0, 0.1) is 0 Å². The van der Waals surface area contributed by atoms with E-state index in [1.165, 1.54) is 13.1 Å². The van der Waals surface area contributed by atoms with E-state index in [2.05, 4.69) is 15.1 Å². The Kier molecular flexibility index (Phi) is 5.05. The number of aromatic amines is 1. The zero-order chi connectivity index (χ0) is 23.3. The van der Waals surface area contributed by atoms with Gasteiger partial charge in [0.25, 0.3) is 11.5 Å². The monoisotopic (exact) mass is 449 g/mol. The molecule has 1 atom stereocenters. The third kappa shape index (κ3) is 3.59. The van der Waals surface area contributed by atoms with Crippen molar-refractivity contribution >= 4 is 27.8 Å². The van der Waals surface area contributed by atoms with E-state index in [0.29, 0.717) is 48.2 Å². The molecule has 1 aliphatic heterocycles. The van der Waals surface area contributed by atoms with Gasteiger partial charge < -0.3 is 10.0 Å². The average Bonchev–Trinajstić information content (AvgIpc) is 3.24. The summed E-state index contributed by atoms with van der Waals surface area (Å²) >= 11 is 0. The molecule has 0 saturated carbocycles. The van der Waals surface area contributed by atoms with E-state index in [-0.39, 0.29) is 17.3 Å². The minimum atomic E-state index is -1.07. The highest BCUT2D eigenvalue weighted by atomic mass is 16.3. The summed E-state index contributed by atoms with van der Waals surface area (Å²) in [6.45, 7) is 2.25. The summed E-state index contributed by atoms with van der Waals surface area (Å²) in [6.07, 6.45) is 4.94. The van der Waals surface area contributed by atoms with Gasteiger partial charge in [-0.1, -0.05) is 0 Å². The SMILES string of the molecule is C[C@@H](O)C(=O)N1CCC(n2c(=O)[nH]c(=O)c3cnc4ccc(-c5cnn(C)c5)nc4c32)CC1. The van der Waals surface area contributed by atoms with Crippen LogP contribution in [0.4, 0.5) is 0 Å². The molecule has 170 valence electrons. The number of H-pyrrole nitrogens is 1. The van der Waals surface area contributed by atoms with Gasteiger partial charge in [-0.05, 0) is 31.9 Å². The zero-order valence-electron chi connectivity index (χ0n) is 18.2. The first-order chi connectivity index (χ1) is 15.8. The molecule has 0 spiro atoms. The number of nitrogens with zero attached hydrogens (tertiary/aromatic N) is 6. The third-order valence-electron chi connectivity index (χ3n) is 6.11. The summed E-state index contributed by atoms with van der Waals surface area (Å²) in [4.78, 5) is 50.9. The molecule has 1 amide bonds. The molecule has 1 fully saturated rings. The highest BCUT2D eigenvalue weighted by molar-refractivity contribution is 6.01. The number of hydrogen-bond acceptors (Lipinski definition) is 7. The number of rotatable bonds is 3. The molecule has 0 radical (unpaired) electrons. The average molecular weight is 449 g/mol. The van der Waals surface area contributed by atoms with Crippen molar-refractivity contribution < 1.29 is 9.90 Å². The number of aryl methyl sites for hydroxylation is 1. The third-order valence-corrected chi connectivity index (χ3v) is 6.11. The highest BCUT2D eigenvalue weighted by Crippen LogP contribution is 2.28. The number of nitrogens with one attached hydrogen (secondary N) is 1. The van der Waals surface area contributed by atoms with Crippen LogP contribution in [0.15, 0.2) is 40.3 Å². The molecule has 0 unspecified atom stereocenters. The van der Waals surface area contributed by atoms with Crippen LogP contribution >= 0.6 is 0 Å². The van der Waals surface area contributed by atoms with Crippen LogP contribution in [0.2, 0.25) is 0 Å². The van der Waals surface area contributed by atoms with Crippen LogP contribution in [0.25, 0.3) is 33.2 Å². The Bertz CT molecular complexity index is 1490. The molecule has 1 aliphatic rings. The first kappa shape index (κ1) is 21.0. The molecule has 4 aromatic heterocycles. The van der Waals surface area contributed by atoms with Crippen molar-refractivity contribution in [1.29, 1.82) is 0 Å². The van der Waals surface area contributed by atoms with Crippen molar-refractivity contribution in [3.05, 3.63) is 51.6 Å². The van der Waals surface area contributed by atoms with Gasteiger partial charge in [0, 0.05) is 44.1 Å². The standard InChI is InChI=1S/C22H23N7O4/c1-12(30)21(32)28-7-5-14(6-8-28)29-19-15(20(31)26-22(29)33)10-23-17-4-3-16(25-18(17)19)13-9-24-27(2)11-13/h3-4,9-12,14,30H,5-8H2,1-2H3,(H,26,31,33)/t12-/m1/s1. The second-order valence-electron chi connectivity index (χ2n) is 8.35. The molecule has 4 aromatic rings. The van der Waals surface area contributed by atoms with Crippen molar-refractivity contribution in [2.75, 3.05) is 13.1 Å². The van der Waals surface area contributed by atoms with Gasteiger partial charge in [-0.15, -0.1) is 0 Å². The quantitative estimate of drug-likeness (QED) is 0.436. The maximum Gasteiger partial charge on any atom is 0.329 e. The lowest BCUT2D eigenvalue weighted by Gasteiger charge is -2.34. The van der Waals surface area contributed by atoms with Crippen molar-refractivity contribution in [3.8, 4) is 11.3 Å². The fourth-order valence-corrected chi connectivity index (χ4v) is 4.46. The number of hydrogen-bond donors (Lipinski definition) is 2. The molecular formula is C22H23N7O4. The van der Waals surface area contributed by atoms with Crippen molar-refractivity contribution in [2.24, 2.45) is 7.05 Å². The largest absolute Gasteiger partial charge is 0.384 e. The summed E-state index contributed by atoms with van der Waals surface area (Å²) < 4.78 is 3.25. The van der Waals surface area contributed by atoms with Gasteiger partial charge in [-0.2, -0.15) is 5.10 Å². The molecule has 0 aromatic carbocycles. The van der Waals surface area contributed by atoms with E-state index < -0.39 is 17.4 Å². The Morgan fingerprint density at radius 2 is 1.97 bits per heavy atom. The van der Waals surface area contributed by atoms with E-state index in [0.717, 1.165) is 5.56 Å². The van der Waals surface area contributed by atoms with Gasteiger partial charge in [0.05, 0.1) is 28.3 Å². The minimum absolute atomic E-state index is 0.246. The molecule has 11 heteroatoms. The highest BCUT2D eigenvalue weighted by Gasteiger charge is 2.28. The molecule has 0 aliphatic carbocycles. The predicted molar refractivity (Wildman–Crippen MR) is 121 cm³/mol. The van der Waals surface area contributed by atoms with Crippen LogP contribution < -0.4 is 11.2 Å². The van der Waals surface area contributed by atoms with Crippen molar-refractivity contribution in [3.63, 3.8) is 0 Å². The first-order valence-corrected chi connectivity index (χ1v) is 10.7. The molecule has 33 heavy (non-hydrogen) atoms. The summed E-state index contributed by atoms with van der Waals surface area (Å²) in [5.74, 6) is -0.329. The Morgan fingerprint density at radius 1 is 1.21 bits per heavy atom. The van der Waals surface area contributed by atoms with Gasteiger partial charge in [-0.25, -0.2) is 9.78 Å². The molecule has 5 rings (SSSR count). The maximum atomic E-state index is 13.0. The zero-order valence-corrected chi connectivity index (χ0v) is 18.2. The summed E-state index contributed by atoms with van der Waals surface area (Å²) in [5.41, 5.74) is 1.88. The fraction of sp³-hybridized carbons (Fsp3) is 0.364. The summed E-state index contributed by atoms with van der Waals surface area (Å²) in [5, 5.41) is 14.1. The van der Waals surface area contributed by atoms with Gasteiger partial charge >= 0.3 is 5.69 Å². The number of aliphatic hydroxyl groups excluding tert-OH is 1. The molecule has 1 saturated heterocycles. The number of aromatic nitrogens is 6. The number of piperidine rings is 1. The van der Waals surface area contributed by atoms with E-state index in [1.54, 1.807) is 20.3 Å². The number of fused-ring (bicyclic) bond motifs is 3. The summed E-state index contributed by atoms with van der Waals surface area (Å²) in [7, 11) is 1.81. The Labute approximate surface area is 187 Å². The van der Waals surface area contributed by atoms with Gasteiger partial charge in [-0.3, -0.25) is 28.8 Å². The Morgan fingerprint density at radius 3 is 2.64 bits per heavy atom. The van der Waals surface area contributed by atoms with Crippen LogP contribution in [-0.2, 0) is 11.8 Å². The molecule has 2 N–H and O–H groups in total. The molecule has 5 heterocycles. The molecular weight excluding hydrogens is 426 g/mol. The topological polar surface area (TPSA) is 139 Å². The van der Waals surface area contributed by atoms with Crippen LogP contribution in [0.1, 0.15) is 25.8 Å². The van der Waals surface area contributed by atoms with Crippen LogP contribution in [0.5, 0.6) is 0 Å². The number of carbonyl (C=O) groups is 1. The minimum Gasteiger partial charge on any atom is -0.384 e. The van der Waals surface area contributed by atoms with E-state index >= 15 is 0 Å². The normalized spacial score (nSPS) is 15.9. The second-order valence-corrected chi connectivity index (χ2v) is 8.35.